The number of Topliss-reactive ketones (excluding diaryl/α,β-unsaturated/α-hetero) is 1. The predicted octanol–water partition coefficient (Wildman–Crippen LogP) is 7.49. The number of sulfonamides is 1. The Morgan fingerprint density at radius 2 is 1.80 bits per heavy atom. The van der Waals surface area contributed by atoms with Gasteiger partial charge in [-0.3, -0.25) is 14.3 Å². The summed E-state index contributed by atoms with van der Waals surface area (Å²) in [6.45, 7) is 13.1. The molecule has 272 valence electrons. The van der Waals surface area contributed by atoms with Crippen molar-refractivity contribution in [1.82, 2.24) is 4.98 Å². The molecule has 9 nitrogen and oxygen atoms in total. The Kier molecular flexibility index (Phi) is 10.5. The molecule has 3 N–H and O–H groups in total. The molecule has 3 fully saturated rings. The normalized spacial score (nSPS) is 31.9. The average molecular weight is 732 g/mol. The number of anilines is 2. The Morgan fingerprint density at radius 3 is 2.47 bits per heavy atom. The van der Waals surface area contributed by atoms with Crippen LogP contribution >= 0.6 is 11.8 Å². The maximum atomic E-state index is 13.6. The molecule has 8 atom stereocenters. The van der Waals surface area contributed by atoms with E-state index in [1.807, 2.05) is 37.3 Å². The summed E-state index contributed by atoms with van der Waals surface area (Å²) in [4.78, 5) is 32.3. The molecule has 2 bridgehead atoms. The number of nitrogens with zero attached hydrogens (tertiary/aromatic N) is 1. The largest absolute Gasteiger partial charge is 0.461 e. The van der Waals surface area contributed by atoms with Gasteiger partial charge in [0, 0.05) is 46.5 Å². The lowest BCUT2D eigenvalue weighted by Crippen LogP contribution is -2.63. The van der Waals surface area contributed by atoms with Crippen molar-refractivity contribution >= 4 is 45.0 Å². The fourth-order valence-electron chi connectivity index (χ4n) is 9.12. The second kappa shape index (κ2) is 14.4. The van der Waals surface area contributed by atoms with Gasteiger partial charge >= 0.3 is 5.97 Å². The third-order valence-corrected chi connectivity index (χ3v) is 14.8. The number of benzene rings is 2. The number of hydrogen-bond acceptors (Lipinski definition) is 9. The van der Waals surface area contributed by atoms with Crippen LogP contribution in [0, 0.1) is 34.0 Å². The van der Waals surface area contributed by atoms with Crippen molar-refractivity contribution in [3.63, 3.8) is 0 Å². The zero-order valence-corrected chi connectivity index (χ0v) is 31.4. The Morgan fingerprint density at radius 1 is 1.08 bits per heavy atom. The summed E-state index contributed by atoms with van der Waals surface area (Å²) in [6.07, 6.45) is 5.65. The van der Waals surface area contributed by atoms with E-state index in [4.69, 9.17) is 4.74 Å². The summed E-state index contributed by atoms with van der Waals surface area (Å²) in [5.41, 5.74) is 0.283. The first-order valence-corrected chi connectivity index (χ1v) is 20.2. The van der Waals surface area contributed by atoms with Crippen LogP contribution in [0.4, 0.5) is 11.5 Å². The Hall–Kier alpha value is -3.67. The molecule has 3 aromatic rings. The minimum absolute atomic E-state index is 0.0702. The number of esters is 1. The first-order chi connectivity index (χ1) is 24.2. The van der Waals surface area contributed by atoms with Gasteiger partial charge in [-0.15, -0.1) is 18.3 Å². The second-order valence-electron chi connectivity index (χ2n) is 15.2. The number of nitrogens with one attached hydrogen (secondary N) is 2. The number of carbonyl (C=O) groups excluding carboxylic acids is 2. The molecule has 0 aliphatic heterocycles. The maximum Gasteiger partial charge on any atom is 0.316 e. The first kappa shape index (κ1) is 37.1. The number of ether oxygens (including phenoxy) is 1. The maximum absolute atomic E-state index is 13.6. The molecule has 0 radical (unpaired) electrons. The lowest BCUT2D eigenvalue weighted by atomic mass is 9.44. The molecule has 3 aliphatic carbocycles. The summed E-state index contributed by atoms with van der Waals surface area (Å²) in [7, 11) is -3.75. The van der Waals surface area contributed by atoms with Crippen LogP contribution in [0.3, 0.4) is 0 Å². The van der Waals surface area contributed by atoms with E-state index in [1.54, 1.807) is 42.5 Å². The van der Waals surface area contributed by atoms with Gasteiger partial charge in [0.2, 0.25) is 0 Å². The quantitative estimate of drug-likeness (QED) is 0.104. The van der Waals surface area contributed by atoms with Gasteiger partial charge in [-0.25, -0.2) is 13.4 Å². The van der Waals surface area contributed by atoms with E-state index < -0.39 is 33.1 Å². The predicted molar refractivity (Wildman–Crippen MR) is 201 cm³/mol. The summed E-state index contributed by atoms with van der Waals surface area (Å²) in [5, 5.41) is 15.1. The zero-order chi connectivity index (χ0) is 36.6. The molecule has 3 aliphatic rings. The lowest BCUT2D eigenvalue weighted by molar-refractivity contribution is -0.205. The second-order valence-corrected chi connectivity index (χ2v) is 17.9. The third-order valence-electron chi connectivity index (χ3n) is 12.4. The van der Waals surface area contributed by atoms with Crippen molar-refractivity contribution in [2.45, 2.75) is 88.3 Å². The molecule has 2 aromatic carbocycles. The van der Waals surface area contributed by atoms with Crippen molar-refractivity contribution in [1.29, 1.82) is 0 Å². The highest BCUT2D eigenvalue weighted by Crippen LogP contribution is 2.68. The Balaban J connectivity index is 1.07. The number of aromatic nitrogens is 1. The summed E-state index contributed by atoms with van der Waals surface area (Å²) in [6, 6.07) is 19.4. The molecule has 1 heterocycles. The molecule has 0 spiro atoms. The van der Waals surface area contributed by atoms with Crippen molar-refractivity contribution in [3.05, 3.63) is 91.1 Å². The number of rotatable bonds is 11. The molecule has 6 rings (SSSR count). The van der Waals surface area contributed by atoms with Crippen molar-refractivity contribution in [2.75, 3.05) is 15.8 Å². The van der Waals surface area contributed by atoms with Crippen LogP contribution in [0.2, 0.25) is 0 Å². The highest BCUT2D eigenvalue weighted by atomic mass is 32.2. The van der Waals surface area contributed by atoms with Crippen molar-refractivity contribution in [2.24, 2.45) is 34.0 Å². The monoisotopic (exact) mass is 731 g/mol. The molecule has 0 amide bonds. The van der Waals surface area contributed by atoms with Gasteiger partial charge < -0.3 is 15.2 Å². The smallest absolute Gasteiger partial charge is 0.316 e. The number of carbonyl (C=O) groups is 2. The van der Waals surface area contributed by atoms with Crippen molar-refractivity contribution < 1.29 is 27.9 Å². The number of thioether (sulfide) groups is 1. The Bertz CT molecular complexity index is 1850. The van der Waals surface area contributed by atoms with Crippen LogP contribution in [-0.2, 0) is 30.9 Å². The van der Waals surface area contributed by atoms with Crippen LogP contribution in [0.15, 0.2) is 95.4 Å². The van der Waals surface area contributed by atoms with Crippen LogP contribution in [0.1, 0.15) is 65.4 Å². The van der Waals surface area contributed by atoms with E-state index in [9.17, 15) is 23.1 Å². The van der Waals surface area contributed by atoms with Crippen LogP contribution in [0.5, 0.6) is 0 Å². The van der Waals surface area contributed by atoms with Gasteiger partial charge in [-0.2, -0.15) is 0 Å². The van der Waals surface area contributed by atoms with Gasteiger partial charge in [0.05, 0.1) is 16.8 Å². The number of aliphatic hydroxyl groups is 1. The van der Waals surface area contributed by atoms with E-state index in [-0.39, 0.29) is 51.4 Å². The van der Waals surface area contributed by atoms with Gasteiger partial charge in [0.1, 0.15) is 17.7 Å². The average Bonchev–Trinajstić information content (AvgIpc) is 3.48. The highest BCUT2D eigenvalue weighted by Gasteiger charge is 2.68. The van der Waals surface area contributed by atoms with Crippen LogP contribution in [-0.4, -0.2) is 48.2 Å². The standard InChI is InChI=1S/C40H49N3O6S2/c1-6-38(4)23-33(39(5)26(2)18-20-40(27(3)37(38)46)21-19-32(44)36(39)40)49-35(45)25-50-30-14-10-28(11-15-30)24-42-29-12-16-31(17-13-29)51(47,48)43-34-9-7-8-22-41-34/h6-17,22,26-27,33,36-37,42,46H,1,18-21,23-25H2,2-5H3,(H,41,43)/t26-,27+,33-,36+,37+,38-,39+,40+/m1/s1. The number of ketones is 1. The summed E-state index contributed by atoms with van der Waals surface area (Å²) in [5.74, 6) is 0.150. The fraction of sp³-hybridized carbons (Fsp3) is 0.475. The minimum atomic E-state index is -3.75. The van der Waals surface area contributed by atoms with E-state index >= 15 is 0 Å². The fourth-order valence-corrected chi connectivity index (χ4v) is 10.8. The van der Waals surface area contributed by atoms with E-state index in [0.29, 0.717) is 19.4 Å². The molecular formula is C40H49N3O6S2. The first-order valence-electron chi connectivity index (χ1n) is 17.8. The molecule has 0 unspecified atom stereocenters. The summed E-state index contributed by atoms with van der Waals surface area (Å²) >= 11 is 1.40. The minimum Gasteiger partial charge on any atom is -0.461 e. The molecular weight excluding hydrogens is 683 g/mol. The van der Waals surface area contributed by atoms with Gasteiger partial charge in [0.15, 0.2) is 0 Å². The van der Waals surface area contributed by atoms with Crippen molar-refractivity contribution in [3.8, 4) is 0 Å². The van der Waals surface area contributed by atoms with Gasteiger partial charge in [-0.05, 0) is 97.0 Å². The van der Waals surface area contributed by atoms with Crippen LogP contribution in [0.25, 0.3) is 0 Å². The molecule has 51 heavy (non-hydrogen) atoms. The number of aliphatic hydroxyl groups excluding tert-OH is 1. The third kappa shape index (κ3) is 7.09. The molecule has 0 saturated heterocycles. The van der Waals surface area contributed by atoms with Crippen LogP contribution < -0.4 is 10.0 Å². The van der Waals surface area contributed by atoms with E-state index in [0.717, 1.165) is 35.4 Å². The van der Waals surface area contributed by atoms with E-state index in [1.165, 1.54) is 18.0 Å². The number of hydrogen-bond donors (Lipinski definition) is 3. The molecule has 1 aromatic heterocycles. The lowest BCUT2D eigenvalue weighted by Gasteiger charge is -2.61. The highest BCUT2D eigenvalue weighted by molar-refractivity contribution is 8.00. The molecule has 11 heteroatoms. The van der Waals surface area contributed by atoms with Gasteiger partial charge in [-0.1, -0.05) is 52.0 Å². The molecule has 3 saturated carbocycles. The zero-order valence-electron chi connectivity index (χ0n) is 29.8. The summed E-state index contributed by atoms with van der Waals surface area (Å²) < 4.78 is 34.3. The topological polar surface area (TPSA) is 135 Å². The van der Waals surface area contributed by atoms with Gasteiger partial charge in [0.25, 0.3) is 10.0 Å². The Labute approximate surface area is 306 Å². The SMILES string of the molecule is C=C[C@]1(C)C[C@@H](OC(=O)CSc2ccc(CNc3ccc(S(=O)(=O)Nc4ccccn4)cc3)cc2)[C@]2(C)[C@H](C)CC[C@]3(CCC(=O)[C@H]32)[C@@H](C)[C@@H]1O. The number of pyridine rings is 1. The van der Waals surface area contributed by atoms with E-state index in [2.05, 4.69) is 42.4 Å².